The number of amides is 1. The van der Waals surface area contributed by atoms with Crippen LogP contribution in [0.5, 0.6) is 0 Å². The van der Waals surface area contributed by atoms with Crippen molar-refractivity contribution in [3.63, 3.8) is 0 Å². The number of fused-ring (bicyclic) bond motifs is 1. The van der Waals surface area contributed by atoms with Crippen LogP contribution in [0.25, 0.3) is 5.65 Å². The minimum Gasteiger partial charge on any atom is -0.465 e. The van der Waals surface area contributed by atoms with Crippen LogP contribution in [0.3, 0.4) is 0 Å². The van der Waals surface area contributed by atoms with Gasteiger partial charge in [-0.3, -0.25) is 4.79 Å². The molecule has 0 bridgehead atoms. The van der Waals surface area contributed by atoms with Crippen molar-refractivity contribution >= 4 is 29.0 Å². The maximum Gasteiger partial charge on any atom is 0.337 e. The van der Waals surface area contributed by atoms with Crippen LogP contribution in [-0.2, 0) is 16.0 Å². The smallest absolute Gasteiger partial charge is 0.337 e. The molecule has 0 saturated carbocycles. The molecule has 0 spiro atoms. The van der Waals surface area contributed by atoms with E-state index in [1.54, 1.807) is 28.8 Å². The van der Waals surface area contributed by atoms with Gasteiger partial charge in [0.25, 0.3) is 0 Å². The Bertz CT molecular complexity index is 1070. The topological polar surface area (TPSA) is 102 Å². The second-order valence-corrected chi connectivity index (χ2v) is 7.86. The molecule has 2 aromatic heterocycles. The fourth-order valence-corrected chi connectivity index (χ4v) is 3.64. The summed E-state index contributed by atoms with van der Waals surface area (Å²) in [5, 5.41) is 15.9. The Morgan fingerprint density at radius 1 is 1.10 bits per heavy atom. The summed E-state index contributed by atoms with van der Waals surface area (Å²) < 4.78 is 6.40. The van der Waals surface area contributed by atoms with Crippen molar-refractivity contribution in [2.75, 3.05) is 30.4 Å². The Morgan fingerprint density at radius 2 is 1.84 bits per heavy atom. The average Bonchev–Trinajstić information content (AvgIpc) is 3.20. The molecule has 31 heavy (non-hydrogen) atoms. The van der Waals surface area contributed by atoms with Gasteiger partial charge in [-0.1, -0.05) is 6.92 Å². The van der Waals surface area contributed by atoms with E-state index in [4.69, 9.17) is 5.10 Å². The SMILES string of the molecule is COC(=O)c1ccc(NC(=O)CCc2nnc3ccc(N4CCC(C)CC4)nn23)cc1. The molecule has 1 saturated heterocycles. The van der Waals surface area contributed by atoms with E-state index in [9.17, 15) is 9.59 Å². The molecule has 0 aliphatic carbocycles. The molecule has 3 heterocycles. The van der Waals surface area contributed by atoms with Crippen molar-refractivity contribution in [3.05, 3.63) is 47.8 Å². The van der Waals surface area contributed by atoms with Gasteiger partial charge in [-0.2, -0.15) is 4.52 Å². The van der Waals surface area contributed by atoms with E-state index < -0.39 is 5.97 Å². The van der Waals surface area contributed by atoms with Gasteiger partial charge < -0.3 is 15.0 Å². The molecule has 1 aliphatic heterocycles. The van der Waals surface area contributed by atoms with Crippen molar-refractivity contribution in [2.45, 2.75) is 32.6 Å². The van der Waals surface area contributed by atoms with Crippen molar-refractivity contribution in [1.29, 1.82) is 0 Å². The summed E-state index contributed by atoms with van der Waals surface area (Å²) in [6.45, 7) is 4.27. The lowest BCUT2D eigenvalue weighted by molar-refractivity contribution is -0.116. The van der Waals surface area contributed by atoms with Crippen molar-refractivity contribution < 1.29 is 14.3 Å². The number of esters is 1. The zero-order valence-corrected chi connectivity index (χ0v) is 17.7. The highest BCUT2D eigenvalue weighted by Gasteiger charge is 2.18. The molecule has 1 N–H and O–H groups in total. The third-order valence-electron chi connectivity index (χ3n) is 5.59. The maximum absolute atomic E-state index is 12.4. The van der Waals surface area contributed by atoms with E-state index in [1.807, 2.05) is 12.1 Å². The molecular formula is C22H26N6O3. The molecular weight excluding hydrogens is 396 g/mol. The summed E-state index contributed by atoms with van der Waals surface area (Å²) in [7, 11) is 1.33. The summed E-state index contributed by atoms with van der Waals surface area (Å²) in [5.74, 6) is 1.75. The third-order valence-corrected chi connectivity index (χ3v) is 5.59. The lowest BCUT2D eigenvalue weighted by Crippen LogP contribution is -2.33. The Labute approximate surface area is 180 Å². The number of carbonyl (C=O) groups excluding carboxylic acids is 2. The number of carbonyl (C=O) groups is 2. The standard InChI is InChI=1S/C22H26N6O3/c1-15-11-13-27(14-12-15)20-8-7-18-24-25-19(28(18)26-20)9-10-21(29)23-17-5-3-16(4-6-17)22(30)31-2/h3-8,15H,9-14H2,1-2H3,(H,23,29). The van der Waals surface area contributed by atoms with Gasteiger partial charge in [0.05, 0.1) is 12.7 Å². The number of methoxy groups -OCH3 is 1. The molecule has 9 nitrogen and oxygen atoms in total. The van der Waals surface area contributed by atoms with Gasteiger partial charge >= 0.3 is 5.97 Å². The zero-order chi connectivity index (χ0) is 21.8. The maximum atomic E-state index is 12.4. The number of aromatic nitrogens is 4. The Hall–Kier alpha value is -3.49. The molecule has 3 aromatic rings. The van der Waals surface area contributed by atoms with E-state index in [1.165, 1.54) is 7.11 Å². The van der Waals surface area contributed by atoms with Crippen LogP contribution in [0, 0.1) is 5.92 Å². The molecule has 162 valence electrons. The summed E-state index contributed by atoms with van der Waals surface area (Å²) >= 11 is 0. The number of nitrogens with one attached hydrogen (secondary N) is 1. The minimum absolute atomic E-state index is 0.149. The van der Waals surface area contributed by atoms with Gasteiger partial charge in [0.2, 0.25) is 5.91 Å². The number of piperidine rings is 1. The number of nitrogens with zero attached hydrogens (tertiary/aromatic N) is 5. The van der Waals surface area contributed by atoms with Gasteiger partial charge in [0.15, 0.2) is 11.5 Å². The van der Waals surface area contributed by atoms with Gasteiger partial charge in [-0.25, -0.2) is 4.79 Å². The first-order valence-corrected chi connectivity index (χ1v) is 10.5. The quantitative estimate of drug-likeness (QED) is 0.610. The van der Waals surface area contributed by atoms with Crippen LogP contribution < -0.4 is 10.2 Å². The molecule has 0 unspecified atom stereocenters. The largest absolute Gasteiger partial charge is 0.465 e. The number of anilines is 2. The van der Waals surface area contributed by atoms with E-state index in [0.717, 1.165) is 37.7 Å². The van der Waals surface area contributed by atoms with Crippen molar-refractivity contribution in [1.82, 2.24) is 19.8 Å². The summed E-state index contributed by atoms with van der Waals surface area (Å²) in [5.41, 5.74) is 1.71. The Kier molecular flexibility index (Phi) is 6.11. The number of aryl methyl sites for hydroxylation is 1. The number of hydrogen-bond acceptors (Lipinski definition) is 7. The first-order chi connectivity index (χ1) is 15.0. The first kappa shape index (κ1) is 20.8. The molecule has 9 heteroatoms. The number of rotatable bonds is 6. The molecule has 1 aliphatic rings. The van der Waals surface area contributed by atoms with E-state index in [0.29, 0.717) is 29.1 Å². The van der Waals surface area contributed by atoms with Gasteiger partial charge in [-0.15, -0.1) is 15.3 Å². The van der Waals surface area contributed by atoms with Crippen LogP contribution in [-0.4, -0.2) is 51.9 Å². The fraction of sp³-hybridized carbons (Fsp3) is 0.409. The number of hydrogen-bond donors (Lipinski definition) is 1. The van der Waals surface area contributed by atoms with E-state index >= 15 is 0 Å². The fourth-order valence-electron chi connectivity index (χ4n) is 3.64. The van der Waals surface area contributed by atoms with E-state index in [2.05, 4.69) is 32.1 Å². The average molecular weight is 422 g/mol. The summed E-state index contributed by atoms with van der Waals surface area (Å²) in [6, 6.07) is 10.5. The van der Waals surface area contributed by atoms with E-state index in [-0.39, 0.29) is 12.3 Å². The summed E-state index contributed by atoms with van der Waals surface area (Å²) in [6.07, 6.45) is 2.98. The minimum atomic E-state index is -0.414. The van der Waals surface area contributed by atoms with Crippen molar-refractivity contribution in [2.24, 2.45) is 5.92 Å². The molecule has 0 radical (unpaired) electrons. The highest BCUT2D eigenvalue weighted by molar-refractivity contribution is 5.93. The van der Waals surface area contributed by atoms with Crippen LogP contribution in [0.1, 0.15) is 42.4 Å². The third kappa shape index (κ3) is 4.82. The second kappa shape index (κ2) is 9.11. The predicted molar refractivity (Wildman–Crippen MR) is 116 cm³/mol. The van der Waals surface area contributed by atoms with Crippen molar-refractivity contribution in [3.8, 4) is 0 Å². The van der Waals surface area contributed by atoms with Gasteiger partial charge in [0, 0.05) is 31.6 Å². The highest BCUT2D eigenvalue weighted by atomic mass is 16.5. The normalized spacial score (nSPS) is 14.6. The predicted octanol–water partition coefficient (Wildman–Crippen LogP) is 2.72. The zero-order valence-electron chi connectivity index (χ0n) is 17.7. The lowest BCUT2D eigenvalue weighted by atomic mass is 9.99. The van der Waals surface area contributed by atoms with Gasteiger partial charge in [0.1, 0.15) is 5.82 Å². The molecule has 1 aromatic carbocycles. The first-order valence-electron chi connectivity index (χ1n) is 10.5. The molecule has 1 amide bonds. The number of ether oxygens (including phenoxy) is 1. The Balaban J connectivity index is 1.38. The molecule has 0 atom stereocenters. The lowest BCUT2D eigenvalue weighted by Gasteiger charge is -2.30. The van der Waals surface area contributed by atoms with Crippen LogP contribution in [0.15, 0.2) is 36.4 Å². The van der Waals surface area contributed by atoms with Crippen LogP contribution >= 0.6 is 0 Å². The monoisotopic (exact) mass is 422 g/mol. The summed E-state index contributed by atoms with van der Waals surface area (Å²) in [4.78, 5) is 26.2. The Morgan fingerprint density at radius 3 is 2.55 bits per heavy atom. The van der Waals surface area contributed by atoms with Crippen LogP contribution in [0.2, 0.25) is 0 Å². The molecule has 1 fully saturated rings. The highest BCUT2D eigenvalue weighted by Crippen LogP contribution is 2.21. The van der Waals surface area contributed by atoms with Crippen LogP contribution in [0.4, 0.5) is 11.5 Å². The number of benzene rings is 1. The van der Waals surface area contributed by atoms with Gasteiger partial charge in [-0.05, 0) is 55.2 Å². The second-order valence-electron chi connectivity index (χ2n) is 7.86. The molecule has 4 rings (SSSR count).